The molecule has 0 aliphatic carbocycles. The first-order chi connectivity index (χ1) is 12.6. The molecule has 0 bridgehead atoms. The lowest BCUT2D eigenvalue weighted by Gasteiger charge is -2.32. The van der Waals surface area contributed by atoms with Crippen LogP contribution in [0.15, 0.2) is 24.3 Å². The maximum Gasteiger partial charge on any atom is 0.227 e. The van der Waals surface area contributed by atoms with Gasteiger partial charge in [-0.15, -0.1) is 0 Å². The van der Waals surface area contributed by atoms with E-state index in [0.29, 0.717) is 19.4 Å². The highest BCUT2D eigenvalue weighted by atomic mass is 16.2. The molecule has 3 N–H and O–H groups in total. The van der Waals surface area contributed by atoms with E-state index >= 15 is 0 Å². The van der Waals surface area contributed by atoms with E-state index in [9.17, 15) is 9.59 Å². The number of piperazine rings is 1. The number of hydrogen-bond acceptors (Lipinski definition) is 4. The molecule has 6 heteroatoms. The molecule has 1 aromatic rings. The Hall–Kier alpha value is -1.92. The number of nitrogens with zero attached hydrogens (tertiary/aromatic N) is 2. The Balaban J connectivity index is 1.78. The van der Waals surface area contributed by atoms with E-state index in [0.717, 1.165) is 63.1 Å². The fraction of sp³-hybridized carbons (Fsp3) is 0.600. The molecule has 0 saturated carbocycles. The van der Waals surface area contributed by atoms with Crippen LogP contribution in [0.5, 0.6) is 0 Å². The van der Waals surface area contributed by atoms with Crippen molar-refractivity contribution in [2.45, 2.75) is 38.5 Å². The first-order valence-electron chi connectivity index (χ1n) is 9.63. The maximum atomic E-state index is 12.4. The van der Waals surface area contributed by atoms with Gasteiger partial charge in [0.2, 0.25) is 11.8 Å². The molecule has 0 atom stereocenters. The van der Waals surface area contributed by atoms with Crippen LogP contribution in [-0.4, -0.2) is 61.4 Å². The van der Waals surface area contributed by atoms with Crippen molar-refractivity contribution in [1.82, 2.24) is 9.80 Å². The van der Waals surface area contributed by atoms with Crippen LogP contribution in [0.1, 0.15) is 37.7 Å². The normalized spacial score (nSPS) is 15.1. The summed E-state index contributed by atoms with van der Waals surface area (Å²) in [4.78, 5) is 28.6. The summed E-state index contributed by atoms with van der Waals surface area (Å²) in [5.41, 5.74) is 7.17. The van der Waals surface area contributed by atoms with Gasteiger partial charge in [-0.25, -0.2) is 0 Å². The van der Waals surface area contributed by atoms with Gasteiger partial charge in [0.15, 0.2) is 0 Å². The van der Waals surface area contributed by atoms with E-state index in [1.807, 2.05) is 29.2 Å². The minimum absolute atomic E-state index is 0.0280. The average molecular weight is 361 g/mol. The summed E-state index contributed by atoms with van der Waals surface area (Å²) in [5.74, 6) is 0.182. The molecule has 1 aromatic carbocycles. The Morgan fingerprint density at radius 2 is 1.81 bits per heavy atom. The molecule has 144 valence electrons. The van der Waals surface area contributed by atoms with Crippen LogP contribution < -0.4 is 11.1 Å². The highest BCUT2D eigenvalue weighted by Crippen LogP contribution is 2.14. The lowest BCUT2D eigenvalue weighted by atomic mass is 10.1. The molecule has 2 rings (SSSR count). The maximum absolute atomic E-state index is 12.4. The number of rotatable bonds is 9. The number of likely N-dealkylation sites (N-methyl/N-ethyl adjacent to an activating group) is 1. The predicted molar refractivity (Wildman–Crippen MR) is 105 cm³/mol. The quantitative estimate of drug-likeness (QED) is 0.659. The van der Waals surface area contributed by atoms with Crippen LogP contribution in [-0.2, 0) is 16.0 Å². The zero-order valence-corrected chi connectivity index (χ0v) is 15.9. The number of carbonyl (C=O) groups is 2. The first-order valence-corrected chi connectivity index (χ1v) is 9.63. The van der Waals surface area contributed by atoms with Crippen molar-refractivity contribution in [2.75, 3.05) is 45.1 Å². The van der Waals surface area contributed by atoms with E-state index in [2.05, 4.69) is 17.3 Å². The molecular weight excluding hydrogens is 328 g/mol. The molecular formula is C20H32N4O2. The predicted octanol–water partition coefficient (Wildman–Crippen LogP) is 1.85. The van der Waals surface area contributed by atoms with Gasteiger partial charge in [-0.2, -0.15) is 0 Å². The summed E-state index contributed by atoms with van der Waals surface area (Å²) in [5, 5.41) is 2.94. The Morgan fingerprint density at radius 3 is 2.54 bits per heavy atom. The van der Waals surface area contributed by atoms with E-state index in [-0.39, 0.29) is 11.8 Å². The lowest BCUT2D eigenvalue weighted by Crippen LogP contribution is -2.47. The smallest absolute Gasteiger partial charge is 0.227 e. The minimum atomic E-state index is 0.0280. The van der Waals surface area contributed by atoms with Crippen molar-refractivity contribution in [3.63, 3.8) is 0 Å². The summed E-state index contributed by atoms with van der Waals surface area (Å²) in [6.07, 6.45) is 4.91. The van der Waals surface area contributed by atoms with Crippen molar-refractivity contribution in [3.8, 4) is 0 Å². The molecule has 6 nitrogen and oxygen atoms in total. The number of benzene rings is 1. The van der Waals surface area contributed by atoms with Crippen molar-refractivity contribution >= 4 is 17.5 Å². The van der Waals surface area contributed by atoms with E-state index in [1.165, 1.54) is 0 Å². The summed E-state index contributed by atoms with van der Waals surface area (Å²) in [6, 6.07) is 7.61. The standard InChI is InChI=1S/C20H32N4O2/c1-23-11-13-24(14-12-23)20(26)16-17-7-6-8-18(15-17)22-19(25)9-4-2-3-5-10-21/h6-8,15H,2-5,9-14,16,21H2,1H3,(H,22,25). The molecule has 0 unspecified atom stereocenters. The van der Waals surface area contributed by atoms with Crippen LogP contribution >= 0.6 is 0 Å². The van der Waals surface area contributed by atoms with Crippen LogP contribution in [0, 0.1) is 0 Å². The van der Waals surface area contributed by atoms with Crippen LogP contribution in [0.2, 0.25) is 0 Å². The highest BCUT2D eigenvalue weighted by molar-refractivity contribution is 5.91. The molecule has 1 aliphatic rings. The van der Waals surface area contributed by atoms with Gasteiger partial charge >= 0.3 is 0 Å². The van der Waals surface area contributed by atoms with Crippen LogP contribution in [0.3, 0.4) is 0 Å². The molecule has 1 saturated heterocycles. The Labute approximate surface area is 156 Å². The Bertz CT molecular complexity index is 583. The zero-order valence-electron chi connectivity index (χ0n) is 15.9. The number of carbonyl (C=O) groups excluding carboxylic acids is 2. The highest BCUT2D eigenvalue weighted by Gasteiger charge is 2.19. The van der Waals surface area contributed by atoms with Gasteiger partial charge in [-0.3, -0.25) is 9.59 Å². The number of nitrogens with one attached hydrogen (secondary N) is 1. The van der Waals surface area contributed by atoms with Gasteiger partial charge in [0.25, 0.3) is 0 Å². The van der Waals surface area contributed by atoms with Crippen molar-refractivity contribution < 1.29 is 9.59 Å². The third-order valence-corrected chi connectivity index (χ3v) is 4.78. The molecule has 2 amide bonds. The van der Waals surface area contributed by atoms with Crippen molar-refractivity contribution in [1.29, 1.82) is 0 Å². The van der Waals surface area contributed by atoms with Gasteiger partial charge in [-0.1, -0.05) is 25.0 Å². The molecule has 1 heterocycles. The van der Waals surface area contributed by atoms with Gasteiger partial charge in [0.05, 0.1) is 6.42 Å². The largest absolute Gasteiger partial charge is 0.340 e. The van der Waals surface area contributed by atoms with Gasteiger partial charge in [0.1, 0.15) is 0 Å². The van der Waals surface area contributed by atoms with E-state index < -0.39 is 0 Å². The second kappa shape index (κ2) is 10.9. The molecule has 26 heavy (non-hydrogen) atoms. The van der Waals surface area contributed by atoms with Gasteiger partial charge in [-0.05, 0) is 44.1 Å². The summed E-state index contributed by atoms with van der Waals surface area (Å²) >= 11 is 0. The zero-order chi connectivity index (χ0) is 18.8. The third-order valence-electron chi connectivity index (χ3n) is 4.78. The molecule has 1 fully saturated rings. The summed E-state index contributed by atoms with van der Waals surface area (Å²) < 4.78 is 0. The fourth-order valence-corrected chi connectivity index (χ4v) is 3.11. The second-order valence-electron chi connectivity index (χ2n) is 7.06. The van der Waals surface area contributed by atoms with Crippen molar-refractivity contribution in [2.24, 2.45) is 5.73 Å². The topological polar surface area (TPSA) is 78.7 Å². The molecule has 0 spiro atoms. The van der Waals surface area contributed by atoms with Gasteiger partial charge in [0, 0.05) is 38.3 Å². The number of unbranched alkanes of at least 4 members (excludes halogenated alkanes) is 3. The molecule has 0 radical (unpaired) electrons. The third kappa shape index (κ3) is 7.14. The Kier molecular flexibility index (Phi) is 8.58. The molecule has 0 aromatic heterocycles. The average Bonchev–Trinajstić information content (AvgIpc) is 2.62. The first kappa shape index (κ1) is 20.4. The summed E-state index contributed by atoms with van der Waals surface area (Å²) in [7, 11) is 2.08. The number of amides is 2. The van der Waals surface area contributed by atoms with E-state index in [1.54, 1.807) is 0 Å². The van der Waals surface area contributed by atoms with Gasteiger partial charge < -0.3 is 20.9 Å². The molecule has 1 aliphatic heterocycles. The Morgan fingerprint density at radius 1 is 1.08 bits per heavy atom. The van der Waals surface area contributed by atoms with E-state index in [4.69, 9.17) is 5.73 Å². The van der Waals surface area contributed by atoms with Crippen molar-refractivity contribution in [3.05, 3.63) is 29.8 Å². The minimum Gasteiger partial charge on any atom is -0.340 e. The SMILES string of the molecule is CN1CCN(C(=O)Cc2cccc(NC(=O)CCCCCCN)c2)CC1. The summed E-state index contributed by atoms with van der Waals surface area (Å²) in [6.45, 7) is 4.14. The van der Waals surface area contributed by atoms with Crippen LogP contribution in [0.4, 0.5) is 5.69 Å². The number of anilines is 1. The number of nitrogens with two attached hydrogens (primary N) is 1. The second-order valence-corrected chi connectivity index (χ2v) is 7.06. The lowest BCUT2D eigenvalue weighted by molar-refractivity contribution is -0.132. The number of hydrogen-bond donors (Lipinski definition) is 2. The fourth-order valence-electron chi connectivity index (χ4n) is 3.11. The monoisotopic (exact) mass is 360 g/mol. The van der Waals surface area contributed by atoms with Crippen LogP contribution in [0.25, 0.3) is 0 Å².